The topological polar surface area (TPSA) is 29.3 Å². The fraction of sp³-hybridized carbons (Fsp3) is 0.538. The highest BCUT2D eigenvalue weighted by molar-refractivity contribution is 5.43. The molecular formula is C13H22N2. The zero-order valence-electron chi connectivity index (χ0n) is 9.65. The number of para-hydroxylation sites is 1. The molecule has 1 aromatic carbocycles. The van der Waals surface area contributed by atoms with Crippen molar-refractivity contribution >= 4 is 5.69 Å². The molecule has 0 radical (unpaired) electrons. The van der Waals surface area contributed by atoms with Crippen molar-refractivity contribution in [2.75, 3.05) is 11.6 Å². The highest BCUT2D eigenvalue weighted by atomic mass is 15.4. The molecule has 1 aromatic rings. The van der Waals surface area contributed by atoms with Gasteiger partial charge in [-0.15, -0.1) is 0 Å². The van der Waals surface area contributed by atoms with Gasteiger partial charge in [0.25, 0.3) is 0 Å². The van der Waals surface area contributed by atoms with Gasteiger partial charge in [-0.2, -0.15) is 0 Å². The Bertz CT molecular complexity index is 246. The van der Waals surface area contributed by atoms with Crippen molar-refractivity contribution in [2.24, 2.45) is 5.84 Å². The highest BCUT2D eigenvalue weighted by Gasteiger charge is 1.99. The van der Waals surface area contributed by atoms with Crippen LogP contribution in [0.15, 0.2) is 30.3 Å². The van der Waals surface area contributed by atoms with Gasteiger partial charge in [0, 0.05) is 6.54 Å². The normalized spacial score (nSPS) is 10.3. The fourth-order valence-electron chi connectivity index (χ4n) is 1.63. The van der Waals surface area contributed by atoms with Crippen LogP contribution in [0.2, 0.25) is 0 Å². The zero-order chi connectivity index (χ0) is 10.9. The van der Waals surface area contributed by atoms with Crippen LogP contribution < -0.4 is 10.9 Å². The van der Waals surface area contributed by atoms with E-state index in [4.69, 9.17) is 5.84 Å². The molecule has 0 saturated heterocycles. The van der Waals surface area contributed by atoms with E-state index >= 15 is 0 Å². The molecule has 0 bridgehead atoms. The molecule has 0 aliphatic rings. The number of nitrogens with two attached hydrogens (primary N) is 1. The van der Waals surface area contributed by atoms with E-state index in [0.29, 0.717) is 0 Å². The summed E-state index contributed by atoms with van der Waals surface area (Å²) in [6.07, 6.45) is 6.44. The van der Waals surface area contributed by atoms with E-state index in [-0.39, 0.29) is 0 Å². The second kappa shape index (κ2) is 7.30. The molecule has 0 aliphatic heterocycles. The number of nitrogens with zero attached hydrogens (tertiary/aromatic N) is 1. The van der Waals surface area contributed by atoms with Crippen LogP contribution in [-0.4, -0.2) is 6.54 Å². The molecule has 1 rings (SSSR count). The maximum Gasteiger partial charge on any atom is 0.0517 e. The van der Waals surface area contributed by atoms with Crippen molar-refractivity contribution in [3.63, 3.8) is 0 Å². The Kier molecular flexibility index (Phi) is 5.86. The first-order chi connectivity index (χ1) is 7.34. The number of hydrogen-bond donors (Lipinski definition) is 1. The van der Waals surface area contributed by atoms with Crippen molar-refractivity contribution in [2.45, 2.75) is 39.0 Å². The molecule has 0 unspecified atom stereocenters. The SMILES string of the molecule is CCCCCCCN(N)c1ccccc1. The number of hydrazine groups is 1. The average Bonchev–Trinajstić information content (AvgIpc) is 2.30. The summed E-state index contributed by atoms with van der Waals surface area (Å²) < 4.78 is 0. The van der Waals surface area contributed by atoms with Gasteiger partial charge in [-0.3, -0.25) is 0 Å². The van der Waals surface area contributed by atoms with E-state index in [1.54, 1.807) is 0 Å². The molecule has 2 nitrogen and oxygen atoms in total. The number of benzene rings is 1. The van der Waals surface area contributed by atoms with Gasteiger partial charge >= 0.3 is 0 Å². The van der Waals surface area contributed by atoms with Crippen LogP contribution in [0.25, 0.3) is 0 Å². The largest absolute Gasteiger partial charge is 0.311 e. The van der Waals surface area contributed by atoms with E-state index in [1.165, 1.54) is 32.1 Å². The minimum Gasteiger partial charge on any atom is -0.311 e. The van der Waals surface area contributed by atoms with Gasteiger partial charge in [0.1, 0.15) is 0 Å². The minimum atomic E-state index is 0.952. The van der Waals surface area contributed by atoms with Crippen LogP contribution in [0.3, 0.4) is 0 Å². The number of hydrogen-bond acceptors (Lipinski definition) is 2. The molecule has 0 amide bonds. The Labute approximate surface area is 93.1 Å². The van der Waals surface area contributed by atoms with Crippen molar-refractivity contribution in [3.05, 3.63) is 30.3 Å². The van der Waals surface area contributed by atoms with Crippen LogP contribution >= 0.6 is 0 Å². The molecule has 0 aliphatic carbocycles. The van der Waals surface area contributed by atoms with Crippen molar-refractivity contribution < 1.29 is 0 Å². The minimum absolute atomic E-state index is 0.952. The Morgan fingerprint density at radius 3 is 2.33 bits per heavy atom. The van der Waals surface area contributed by atoms with E-state index < -0.39 is 0 Å². The molecule has 0 fully saturated rings. The van der Waals surface area contributed by atoms with Gasteiger partial charge in [-0.1, -0.05) is 50.8 Å². The molecule has 0 saturated carbocycles. The lowest BCUT2D eigenvalue weighted by Gasteiger charge is -2.18. The summed E-state index contributed by atoms with van der Waals surface area (Å²) in [7, 11) is 0. The first-order valence-corrected chi connectivity index (χ1v) is 5.92. The summed E-state index contributed by atoms with van der Waals surface area (Å²) in [6, 6.07) is 10.1. The molecule has 0 aromatic heterocycles. The predicted molar refractivity (Wildman–Crippen MR) is 66.7 cm³/mol. The average molecular weight is 206 g/mol. The van der Waals surface area contributed by atoms with Crippen molar-refractivity contribution in [1.82, 2.24) is 0 Å². The number of rotatable bonds is 7. The third kappa shape index (κ3) is 4.84. The second-order valence-corrected chi connectivity index (χ2v) is 3.94. The Morgan fingerprint density at radius 1 is 1.00 bits per heavy atom. The third-order valence-electron chi connectivity index (χ3n) is 2.59. The summed E-state index contributed by atoms with van der Waals surface area (Å²) in [5, 5.41) is 1.84. The summed E-state index contributed by atoms with van der Waals surface area (Å²) in [6.45, 7) is 3.19. The standard InChI is InChI=1S/C13H22N2/c1-2-3-4-5-9-12-15(14)13-10-7-6-8-11-13/h6-8,10-11H,2-5,9,12,14H2,1H3. The Morgan fingerprint density at radius 2 is 1.67 bits per heavy atom. The van der Waals surface area contributed by atoms with Crippen LogP contribution in [0, 0.1) is 0 Å². The van der Waals surface area contributed by atoms with E-state index in [1.807, 2.05) is 35.3 Å². The van der Waals surface area contributed by atoms with Crippen LogP contribution in [0.1, 0.15) is 39.0 Å². The van der Waals surface area contributed by atoms with Gasteiger partial charge in [0.2, 0.25) is 0 Å². The molecule has 0 atom stereocenters. The smallest absolute Gasteiger partial charge is 0.0517 e. The van der Waals surface area contributed by atoms with Crippen LogP contribution in [-0.2, 0) is 0 Å². The lowest BCUT2D eigenvalue weighted by Crippen LogP contribution is -2.31. The molecule has 0 spiro atoms. The van der Waals surface area contributed by atoms with Crippen LogP contribution in [0.4, 0.5) is 5.69 Å². The molecule has 15 heavy (non-hydrogen) atoms. The maximum atomic E-state index is 5.94. The summed E-state index contributed by atoms with van der Waals surface area (Å²) in [4.78, 5) is 0. The van der Waals surface area contributed by atoms with E-state index in [0.717, 1.165) is 12.2 Å². The quantitative estimate of drug-likeness (QED) is 0.421. The lowest BCUT2D eigenvalue weighted by molar-refractivity contribution is 0.622. The van der Waals surface area contributed by atoms with Gasteiger partial charge < -0.3 is 5.01 Å². The summed E-state index contributed by atoms with van der Waals surface area (Å²) in [5.74, 6) is 5.94. The van der Waals surface area contributed by atoms with Crippen molar-refractivity contribution in [3.8, 4) is 0 Å². The van der Waals surface area contributed by atoms with Crippen molar-refractivity contribution in [1.29, 1.82) is 0 Å². The first-order valence-electron chi connectivity index (χ1n) is 5.92. The molecule has 0 heterocycles. The third-order valence-corrected chi connectivity index (χ3v) is 2.59. The predicted octanol–water partition coefficient (Wildman–Crippen LogP) is 3.34. The summed E-state index contributed by atoms with van der Waals surface area (Å²) in [5.41, 5.74) is 1.10. The fourth-order valence-corrected chi connectivity index (χ4v) is 1.63. The van der Waals surface area contributed by atoms with Gasteiger partial charge in [0.05, 0.1) is 5.69 Å². The van der Waals surface area contributed by atoms with E-state index in [9.17, 15) is 0 Å². The number of unbranched alkanes of at least 4 members (excludes halogenated alkanes) is 4. The van der Waals surface area contributed by atoms with E-state index in [2.05, 4.69) is 6.92 Å². The molecular weight excluding hydrogens is 184 g/mol. The van der Waals surface area contributed by atoms with Crippen LogP contribution in [0.5, 0.6) is 0 Å². The van der Waals surface area contributed by atoms with Gasteiger partial charge in [0.15, 0.2) is 0 Å². The lowest BCUT2D eigenvalue weighted by atomic mass is 10.1. The van der Waals surface area contributed by atoms with Gasteiger partial charge in [-0.05, 0) is 18.6 Å². The maximum absolute atomic E-state index is 5.94. The van der Waals surface area contributed by atoms with Gasteiger partial charge in [-0.25, -0.2) is 5.84 Å². The Balaban J connectivity index is 2.16. The summed E-state index contributed by atoms with van der Waals surface area (Å²) >= 11 is 0. The first kappa shape index (κ1) is 12.1. The Hall–Kier alpha value is -1.02. The number of anilines is 1. The monoisotopic (exact) mass is 206 g/mol. The molecule has 2 heteroatoms. The molecule has 84 valence electrons. The highest BCUT2D eigenvalue weighted by Crippen LogP contribution is 2.10. The molecule has 2 N–H and O–H groups in total. The second-order valence-electron chi connectivity index (χ2n) is 3.94. The zero-order valence-corrected chi connectivity index (χ0v) is 9.65.